The molecule has 0 aliphatic carbocycles. The number of hydrogen-bond acceptors (Lipinski definition) is 2. The number of carbonyl (C=O) groups excluding carboxylic acids is 1. The summed E-state index contributed by atoms with van der Waals surface area (Å²) in [5.74, 6) is 0.976. The highest BCUT2D eigenvalue weighted by Crippen LogP contribution is 2.27. The van der Waals surface area contributed by atoms with Crippen molar-refractivity contribution in [3.63, 3.8) is 0 Å². The van der Waals surface area contributed by atoms with E-state index in [2.05, 4.69) is 6.92 Å². The molecule has 1 heterocycles. The van der Waals surface area contributed by atoms with Crippen LogP contribution in [0.15, 0.2) is 18.2 Å². The van der Waals surface area contributed by atoms with Crippen LogP contribution in [0.3, 0.4) is 0 Å². The van der Waals surface area contributed by atoms with Crippen LogP contribution >= 0.6 is 0 Å². The molecule has 0 saturated carbocycles. The minimum Gasteiger partial charge on any atom is -0.493 e. The SMILES string of the molecule is CCCOc1cccc2c1CCN(C)C2=O. The average molecular weight is 219 g/mol. The van der Waals surface area contributed by atoms with Crippen molar-refractivity contribution in [2.75, 3.05) is 20.2 Å². The van der Waals surface area contributed by atoms with E-state index in [1.165, 1.54) is 0 Å². The van der Waals surface area contributed by atoms with Crippen molar-refractivity contribution >= 4 is 5.91 Å². The first kappa shape index (κ1) is 11.0. The first-order valence-electron chi connectivity index (χ1n) is 5.74. The number of nitrogens with zero attached hydrogens (tertiary/aromatic N) is 1. The molecule has 1 aromatic carbocycles. The molecule has 3 nitrogen and oxygen atoms in total. The van der Waals surface area contributed by atoms with E-state index >= 15 is 0 Å². The highest BCUT2D eigenvalue weighted by atomic mass is 16.5. The van der Waals surface area contributed by atoms with Gasteiger partial charge in [-0.25, -0.2) is 0 Å². The van der Waals surface area contributed by atoms with E-state index in [4.69, 9.17) is 4.74 Å². The molecule has 0 spiro atoms. The second kappa shape index (κ2) is 4.56. The van der Waals surface area contributed by atoms with E-state index in [1.807, 2.05) is 25.2 Å². The molecule has 3 heteroatoms. The number of amides is 1. The second-order valence-electron chi connectivity index (χ2n) is 4.11. The lowest BCUT2D eigenvalue weighted by Gasteiger charge is -2.26. The molecule has 0 saturated heterocycles. The van der Waals surface area contributed by atoms with Crippen LogP contribution in [-0.4, -0.2) is 31.0 Å². The molecule has 0 unspecified atom stereocenters. The lowest BCUT2D eigenvalue weighted by atomic mass is 9.98. The minimum atomic E-state index is 0.100. The Labute approximate surface area is 96.0 Å². The standard InChI is InChI=1S/C13H17NO2/c1-3-9-16-12-6-4-5-11-10(12)7-8-14(2)13(11)15/h4-6H,3,7-9H2,1-2H3. The van der Waals surface area contributed by atoms with Crippen LogP contribution in [0.2, 0.25) is 0 Å². The van der Waals surface area contributed by atoms with Gasteiger partial charge in [-0.3, -0.25) is 4.79 Å². The van der Waals surface area contributed by atoms with Gasteiger partial charge in [-0.05, 0) is 25.0 Å². The van der Waals surface area contributed by atoms with Crippen molar-refractivity contribution in [3.8, 4) is 5.75 Å². The zero-order valence-corrected chi connectivity index (χ0v) is 9.82. The molecule has 1 aliphatic rings. The van der Waals surface area contributed by atoms with Gasteiger partial charge in [0.1, 0.15) is 5.75 Å². The lowest BCUT2D eigenvalue weighted by molar-refractivity contribution is 0.0779. The first-order chi connectivity index (χ1) is 7.74. The molecule has 0 bridgehead atoms. The zero-order chi connectivity index (χ0) is 11.5. The summed E-state index contributed by atoms with van der Waals surface area (Å²) in [5.41, 5.74) is 1.86. The zero-order valence-electron chi connectivity index (χ0n) is 9.82. The Morgan fingerprint density at radius 2 is 2.25 bits per heavy atom. The smallest absolute Gasteiger partial charge is 0.254 e. The Balaban J connectivity index is 2.33. The minimum absolute atomic E-state index is 0.100. The fourth-order valence-electron chi connectivity index (χ4n) is 1.96. The van der Waals surface area contributed by atoms with Crippen LogP contribution < -0.4 is 4.74 Å². The van der Waals surface area contributed by atoms with E-state index in [1.54, 1.807) is 4.90 Å². The predicted molar refractivity (Wildman–Crippen MR) is 62.9 cm³/mol. The highest BCUT2D eigenvalue weighted by Gasteiger charge is 2.23. The van der Waals surface area contributed by atoms with E-state index in [0.717, 1.165) is 36.3 Å². The quantitative estimate of drug-likeness (QED) is 0.779. The number of likely N-dealkylation sites (N-methyl/N-ethyl adjacent to an activating group) is 1. The van der Waals surface area contributed by atoms with Crippen molar-refractivity contribution in [2.24, 2.45) is 0 Å². The summed E-state index contributed by atoms with van der Waals surface area (Å²) < 4.78 is 5.67. The van der Waals surface area contributed by atoms with Gasteiger partial charge in [0.15, 0.2) is 0 Å². The van der Waals surface area contributed by atoms with Crippen molar-refractivity contribution in [1.82, 2.24) is 4.90 Å². The van der Waals surface area contributed by atoms with Gasteiger partial charge >= 0.3 is 0 Å². The van der Waals surface area contributed by atoms with E-state index in [9.17, 15) is 4.79 Å². The molecule has 0 aromatic heterocycles. The van der Waals surface area contributed by atoms with Crippen molar-refractivity contribution in [3.05, 3.63) is 29.3 Å². The van der Waals surface area contributed by atoms with Gasteiger partial charge in [-0.2, -0.15) is 0 Å². The third-order valence-electron chi connectivity index (χ3n) is 2.87. The van der Waals surface area contributed by atoms with Crippen molar-refractivity contribution in [2.45, 2.75) is 19.8 Å². The van der Waals surface area contributed by atoms with Crippen molar-refractivity contribution in [1.29, 1.82) is 0 Å². The molecule has 1 amide bonds. The van der Waals surface area contributed by atoms with E-state index < -0.39 is 0 Å². The first-order valence-corrected chi connectivity index (χ1v) is 5.74. The Kier molecular flexibility index (Phi) is 3.13. The van der Waals surface area contributed by atoms with Gasteiger partial charge in [0.2, 0.25) is 0 Å². The number of fused-ring (bicyclic) bond motifs is 1. The molecule has 1 aliphatic heterocycles. The van der Waals surface area contributed by atoms with Crippen LogP contribution in [0.4, 0.5) is 0 Å². The summed E-state index contributed by atoms with van der Waals surface area (Å²) in [4.78, 5) is 13.7. The fourth-order valence-corrected chi connectivity index (χ4v) is 1.96. The molecule has 0 fully saturated rings. The molecule has 16 heavy (non-hydrogen) atoms. The van der Waals surface area contributed by atoms with E-state index in [-0.39, 0.29) is 5.91 Å². The maximum absolute atomic E-state index is 11.9. The van der Waals surface area contributed by atoms with Crippen molar-refractivity contribution < 1.29 is 9.53 Å². The Morgan fingerprint density at radius 1 is 1.44 bits per heavy atom. The molecule has 86 valence electrons. The molecular formula is C13H17NO2. The number of carbonyl (C=O) groups is 1. The maximum atomic E-state index is 11.9. The predicted octanol–water partition coefficient (Wildman–Crippen LogP) is 2.10. The molecule has 0 atom stereocenters. The van der Waals surface area contributed by atoms with Gasteiger partial charge in [0, 0.05) is 24.7 Å². The van der Waals surface area contributed by atoms with Gasteiger partial charge in [-0.15, -0.1) is 0 Å². The largest absolute Gasteiger partial charge is 0.493 e. The molecule has 0 radical (unpaired) electrons. The Morgan fingerprint density at radius 3 is 3.00 bits per heavy atom. The number of benzene rings is 1. The highest BCUT2D eigenvalue weighted by molar-refractivity contribution is 5.97. The van der Waals surface area contributed by atoms with Crippen LogP contribution in [-0.2, 0) is 6.42 Å². The lowest BCUT2D eigenvalue weighted by Crippen LogP contribution is -2.34. The van der Waals surface area contributed by atoms with Crippen LogP contribution in [0.1, 0.15) is 29.3 Å². The molecule has 0 N–H and O–H groups in total. The van der Waals surface area contributed by atoms with E-state index in [0.29, 0.717) is 6.61 Å². The van der Waals surface area contributed by atoms with Crippen LogP contribution in [0.5, 0.6) is 5.75 Å². The van der Waals surface area contributed by atoms with Gasteiger partial charge in [0.25, 0.3) is 5.91 Å². The maximum Gasteiger partial charge on any atom is 0.254 e. The summed E-state index contributed by atoms with van der Waals surface area (Å²) in [6.45, 7) is 3.56. The number of ether oxygens (including phenoxy) is 1. The molecule has 1 aromatic rings. The molecular weight excluding hydrogens is 202 g/mol. The number of rotatable bonds is 3. The number of hydrogen-bond donors (Lipinski definition) is 0. The summed E-state index contributed by atoms with van der Waals surface area (Å²) >= 11 is 0. The monoisotopic (exact) mass is 219 g/mol. The fraction of sp³-hybridized carbons (Fsp3) is 0.462. The Bertz CT molecular complexity index is 401. The van der Waals surface area contributed by atoms with Crippen LogP contribution in [0, 0.1) is 0 Å². The molecule has 2 rings (SSSR count). The third kappa shape index (κ3) is 1.90. The summed E-state index contributed by atoms with van der Waals surface area (Å²) in [6.07, 6.45) is 1.87. The van der Waals surface area contributed by atoms with Gasteiger partial charge in [0.05, 0.1) is 6.61 Å². The average Bonchev–Trinajstić information content (AvgIpc) is 2.31. The van der Waals surface area contributed by atoms with Gasteiger partial charge < -0.3 is 9.64 Å². The summed E-state index contributed by atoms with van der Waals surface area (Å²) in [7, 11) is 1.84. The third-order valence-corrected chi connectivity index (χ3v) is 2.87. The second-order valence-corrected chi connectivity index (χ2v) is 4.11. The van der Waals surface area contributed by atoms with Gasteiger partial charge in [-0.1, -0.05) is 13.0 Å². The van der Waals surface area contributed by atoms with Crippen LogP contribution in [0.25, 0.3) is 0 Å². The summed E-state index contributed by atoms with van der Waals surface area (Å²) in [5, 5.41) is 0. The normalized spacial score (nSPS) is 14.9. The topological polar surface area (TPSA) is 29.5 Å². The summed E-state index contributed by atoms with van der Waals surface area (Å²) in [6, 6.07) is 5.72. The Hall–Kier alpha value is -1.51.